The van der Waals surface area contributed by atoms with E-state index in [1.54, 1.807) is 43.3 Å². The highest BCUT2D eigenvalue weighted by Gasteiger charge is 2.29. The SMILES string of the molecule is Cc1c(C(=O)OCC(=O)Nc2ccc3c(c2)C(=O)c2ccccc2C3=O)oc2ccccc12. The topological polar surface area (TPSA) is 103 Å². The maximum atomic E-state index is 12.8. The molecule has 7 nitrogen and oxygen atoms in total. The van der Waals surface area contributed by atoms with Gasteiger partial charge in [-0.15, -0.1) is 0 Å². The minimum Gasteiger partial charge on any atom is -0.450 e. The van der Waals surface area contributed by atoms with Gasteiger partial charge in [0.1, 0.15) is 5.58 Å². The molecule has 0 radical (unpaired) electrons. The fraction of sp³-hybridized carbons (Fsp3) is 0.0769. The molecule has 0 aliphatic heterocycles. The maximum Gasteiger partial charge on any atom is 0.375 e. The number of hydrogen-bond donors (Lipinski definition) is 1. The Morgan fingerprint density at radius 1 is 0.848 bits per heavy atom. The molecule has 0 fully saturated rings. The number of carbonyl (C=O) groups is 4. The van der Waals surface area contributed by atoms with Crippen LogP contribution >= 0.6 is 0 Å². The zero-order chi connectivity index (χ0) is 23.1. The number of amides is 1. The molecule has 1 heterocycles. The van der Waals surface area contributed by atoms with Gasteiger partial charge in [0.25, 0.3) is 5.91 Å². The summed E-state index contributed by atoms with van der Waals surface area (Å²) in [7, 11) is 0. The third-order valence-corrected chi connectivity index (χ3v) is 5.57. The lowest BCUT2D eigenvalue weighted by Crippen LogP contribution is -2.23. The van der Waals surface area contributed by atoms with Gasteiger partial charge in [-0.2, -0.15) is 0 Å². The van der Waals surface area contributed by atoms with Crippen LogP contribution in [0.5, 0.6) is 0 Å². The third kappa shape index (κ3) is 3.49. The number of esters is 1. The van der Waals surface area contributed by atoms with Gasteiger partial charge in [-0.1, -0.05) is 42.5 Å². The van der Waals surface area contributed by atoms with E-state index in [4.69, 9.17) is 9.15 Å². The van der Waals surface area contributed by atoms with Crippen molar-refractivity contribution in [1.82, 2.24) is 0 Å². The van der Waals surface area contributed by atoms with Crippen LogP contribution in [0.25, 0.3) is 11.0 Å². The van der Waals surface area contributed by atoms with Crippen molar-refractivity contribution in [2.75, 3.05) is 11.9 Å². The Hall–Kier alpha value is -4.52. The third-order valence-electron chi connectivity index (χ3n) is 5.57. The molecule has 1 N–H and O–H groups in total. The van der Waals surface area contributed by atoms with Crippen LogP contribution < -0.4 is 5.32 Å². The van der Waals surface area contributed by atoms with Crippen LogP contribution in [0.15, 0.2) is 71.1 Å². The number of rotatable bonds is 4. The fourth-order valence-electron chi connectivity index (χ4n) is 3.94. The first-order valence-electron chi connectivity index (χ1n) is 10.2. The van der Waals surface area contributed by atoms with Crippen LogP contribution in [0.1, 0.15) is 48.0 Å². The van der Waals surface area contributed by atoms with E-state index < -0.39 is 18.5 Å². The highest BCUT2D eigenvalue weighted by molar-refractivity contribution is 6.28. The molecule has 0 spiro atoms. The van der Waals surface area contributed by atoms with Crippen LogP contribution in [0.3, 0.4) is 0 Å². The van der Waals surface area contributed by atoms with Gasteiger partial charge in [0.2, 0.25) is 5.76 Å². The minimum absolute atomic E-state index is 0.0422. The first-order valence-corrected chi connectivity index (χ1v) is 10.2. The van der Waals surface area contributed by atoms with Gasteiger partial charge in [0.15, 0.2) is 18.2 Å². The first kappa shape index (κ1) is 20.4. The quantitative estimate of drug-likeness (QED) is 0.419. The van der Waals surface area contributed by atoms with Gasteiger partial charge in [0.05, 0.1) is 0 Å². The Balaban J connectivity index is 1.29. The van der Waals surface area contributed by atoms with Crippen molar-refractivity contribution in [3.63, 3.8) is 0 Å². The molecule has 162 valence electrons. The van der Waals surface area contributed by atoms with Crippen LogP contribution in [-0.4, -0.2) is 30.0 Å². The molecule has 0 unspecified atom stereocenters. The van der Waals surface area contributed by atoms with E-state index in [-0.39, 0.29) is 28.5 Å². The zero-order valence-electron chi connectivity index (χ0n) is 17.5. The molecular weight excluding hydrogens is 422 g/mol. The molecule has 0 bridgehead atoms. The van der Waals surface area contributed by atoms with E-state index in [9.17, 15) is 19.2 Å². The van der Waals surface area contributed by atoms with Crippen LogP contribution in [0.2, 0.25) is 0 Å². The van der Waals surface area contributed by atoms with Crippen molar-refractivity contribution in [3.05, 3.63) is 100 Å². The standard InChI is InChI=1S/C26H17NO6/c1-14-16-6-4-5-9-21(16)33-25(14)26(31)32-13-22(28)27-15-10-11-19-20(12-15)24(30)18-8-3-2-7-17(18)23(19)29/h2-12H,13H2,1H3,(H,27,28). The van der Waals surface area contributed by atoms with Gasteiger partial charge in [-0.05, 0) is 31.2 Å². The second-order valence-corrected chi connectivity index (χ2v) is 7.64. The number of furan rings is 1. The van der Waals surface area contributed by atoms with Crippen molar-refractivity contribution in [2.45, 2.75) is 6.92 Å². The van der Waals surface area contributed by atoms with E-state index in [1.807, 2.05) is 12.1 Å². The summed E-state index contributed by atoms with van der Waals surface area (Å²) in [6.07, 6.45) is 0. The van der Waals surface area contributed by atoms with Crippen molar-refractivity contribution >= 4 is 40.1 Å². The monoisotopic (exact) mass is 439 g/mol. The van der Waals surface area contributed by atoms with Crippen molar-refractivity contribution in [2.24, 2.45) is 0 Å². The molecule has 1 aromatic heterocycles. The molecule has 1 aliphatic carbocycles. The Bertz CT molecular complexity index is 1480. The van der Waals surface area contributed by atoms with Crippen LogP contribution in [0, 0.1) is 6.92 Å². The number of anilines is 1. The van der Waals surface area contributed by atoms with E-state index in [0.717, 1.165) is 5.39 Å². The van der Waals surface area contributed by atoms with Crippen molar-refractivity contribution in [1.29, 1.82) is 0 Å². The maximum absolute atomic E-state index is 12.8. The Kier molecular flexibility index (Phi) is 4.86. The smallest absolute Gasteiger partial charge is 0.375 e. The minimum atomic E-state index is -0.748. The molecule has 1 amide bonds. The number of ketones is 2. The summed E-state index contributed by atoms with van der Waals surface area (Å²) in [4.78, 5) is 50.3. The largest absolute Gasteiger partial charge is 0.450 e. The number of ether oxygens (including phenoxy) is 1. The number of hydrogen-bond acceptors (Lipinski definition) is 6. The van der Waals surface area contributed by atoms with E-state index in [0.29, 0.717) is 28.0 Å². The van der Waals surface area contributed by atoms with Gasteiger partial charge >= 0.3 is 5.97 Å². The average molecular weight is 439 g/mol. The van der Waals surface area contributed by atoms with Crippen LogP contribution in [-0.2, 0) is 9.53 Å². The molecule has 0 saturated carbocycles. The fourth-order valence-corrected chi connectivity index (χ4v) is 3.94. The number of benzene rings is 3. The molecule has 5 rings (SSSR count). The van der Waals surface area contributed by atoms with Crippen molar-refractivity contribution < 1.29 is 28.3 Å². The summed E-state index contributed by atoms with van der Waals surface area (Å²) < 4.78 is 10.7. The molecule has 7 heteroatoms. The predicted octanol–water partition coefficient (Wildman–Crippen LogP) is 4.31. The lowest BCUT2D eigenvalue weighted by molar-refractivity contribution is -0.119. The molecule has 0 atom stereocenters. The van der Waals surface area contributed by atoms with Gasteiger partial charge < -0.3 is 14.5 Å². The van der Waals surface area contributed by atoms with E-state index in [1.165, 1.54) is 18.2 Å². The molecule has 33 heavy (non-hydrogen) atoms. The van der Waals surface area contributed by atoms with Gasteiger partial charge in [0, 0.05) is 38.9 Å². The number of aryl methyl sites for hydroxylation is 1. The predicted molar refractivity (Wildman–Crippen MR) is 120 cm³/mol. The van der Waals surface area contributed by atoms with Gasteiger partial charge in [-0.3, -0.25) is 14.4 Å². The molecular formula is C26H17NO6. The van der Waals surface area contributed by atoms with E-state index >= 15 is 0 Å². The summed E-state index contributed by atoms with van der Waals surface area (Å²) in [5.74, 6) is -1.83. The zero-order valence-corrected chi connectivity index (χ0v) is 17.5. The molecule has 3 aromatic carbocycles. The lowest BCUT2D eigenvalue weighted by Gasteiger charge is -2.18. The lowest BCUT2D eigenvalue weighted by atomic mass is 9.84. The van der Waals surface area contributed by atoms with Crippen molar-refractivity contribution in [3.8, 4) is 0 Å². The normalized spacial score (nSPS) is 12.3. The molecule has 0 saturated heterocycles. The second kappa shape index (κ2) is 7.87. The summed E-state index contributed by atoms with van der Waals surface area (Å²) in [6, 6.07) is 18.3. The number of carbonyl (C=O) groups excluding carboxylic acids is 4. The van der Waals surface area contributed by atoms with Crippen LogP contribution in [0.4, 0.5) is 5.69 Å². The average Bonchev–Trinajstić information content (AvgIpc) is 3.17. The Labute approximate surface area is 188 Å². The Morgan fingerprint density at radius 2 is 1.48 bits per heavy atom. The first-order chi connectivity index (χ1) is 15.9. The highest BCUT2D eigenvalue weighted by Crippen LogP contribution is 2.29. The van der Waals surface area contributed by atoms with Gasteiger partial charge in [-0.25, -0.2) is 4.79 Å². The Morgan fingerprint density at radius 3 is 2.21 bits per heavy atom. The van der Waals surface area contributed by atoms with E-state index in [2.05, 4.69) is 5.32 Å². The molecule has 1 aliphatic rings. The number of nitrogens with one attached hydrogen (secondary N) is 1. The summed E-state index contributed by atoms with van der Waals surface area (Å²) in [6.45, 7) is 1.20. The highest BCUT2D eigenvalue weighted by atomic mass is 16.5. The second-order valence-electron chi connectivity index (χ2n) is 7.64. The number of para-hydroxylation sites is 1. The summed E-state index contributed by atoms with van der Waals surface area (Å²) in [5, 5.41) is 3.38. The summed E-state index contributed by atoms with van der Waals surface area (Å²) in [5.41, 5.74) is 2.69. The summed E-state index contributed by atoms with van der Waals surface area (Å²) >= 11 is 0. The molecule has 4 aromatic rings. The number of fused-ring (bicyclic) bond motifs is 3.